The average Bonchev–Trinajstić information content (AvgIpc) is 2.61. The van der Waals surface area contributed by atoms with Crippen LogP contribution in [0.4, 0.5) is 0 Å². The molecule has 16 heavy (non-hydrogen) atoms. The zero-order chi connectivity index (χ0) is 12.2. The zero-order valence-electron chi connectivity index (χ0n) is 9.65. The Balaban J connectivity index is 2.54. The summed E-state index contributed by atoms with van der Waals surface area (Å²) >= 11 is 0. The molecule has 2 unspecified atom stereocenters. The molecule has 0 aromatic heterocycles. The van der Waals surface area contributed by atoms with Gasteiger partial charge >= 0.3 is 13.1 Å². The summed E-state index contributed by atoms with van der Waals surface area (Å²) in [5, 5.41) is 29.9. The lowest BCUT2D eigenvalue weighted by atomic mass is 9.72. The standard InChI is InChI=1S/C10H20BNO4/c1-2-10(9(13)14)7-12-6-8(10)4-3-5-11(15)16/h8,12,15-16H,2-7H2,1H3,(H,13,14). The van der Waals surface area contributed by atoms with Gasteiger partial charge in [0.05, 0.1) is 5.41 Å². The molecule has 6 heteroatoms. The predicted molar refractivity (Wildman–Crippen MR) is 61.0 cm³/mol. The number of carbonyl (C=O) groups is 1. The summed E-state index contributed by atoms with van der Waals surface area (Å²) in [7, 11) is -1.28. The maximum absolute atomic E-state index is 11.3. The van der Waals surface area contributed by atoms with E-state index in [1.54, 1.807) is 0 Å². The van der Waals surface area contributed by atoms with Crippen molar-refractivity contribution < 1.29 is 19.9 Å². The normalized spacial score (nSPS) is 29.3. The number of nitrogens with one attached hydrogen (secondary N) is 1. The Kier molecular flexibility index (Phi) is 4.77. The number of rotatable bonds is 6. The van der Waals surface area contributed by atoms with Gasteiger partial charge in [0, 0.05) is 6.54 Å². The Labute approximate surface area is 96.0 Å². The summed E-state index contributed by atoms with van der Waals surface area (Å²) < 4.78 is 0. The van der Waals surface area contributed by atoms with Crippen LogP contribution in [0.25, 0.3) is 0 Å². The van der Waals surface area contributed by atoms with E-state index in [0.717, 1.165) is 6.42 Å². The van der Waals surface area contributed by atoms with E-state index in [4.69, 9.17) is 10.0 Å². The molecule has 92 valence electrons. The summed E-state index contributed by atoms with van der Waals surface area (Å²) in [6.07, 6.45) is 2.31. The van der Waals surface area contributed by atoms with Crippen molar-refractivity contribution in [2.45, 2.75) is 32.5 Å². The molecule has 0 bridgehead atoms. The van der Waals surface area contributed by atoms with Crippen molar-refractivity contribution in [3.8, 4) is 0 Å². The van der Waals surface area contributed by atoms with Crippen LogP contribution in [0.5, 0.6) is 0 Å². The fourth-order valence-electron chi connectivity index (χ4n) is 2.55. The Morgan fingerprint density at radius 2 is 2.25 bits per heavy atom. The van der Waals surface area contributed by atoms with Crippen LogP contribution in [0.3, 0.4) is 0 Å². The molecular formula is C10H20BNO4. The smallest absolute Gasteiger partial charge is 0.451 e. The average molecular weight is 229 g/mol. The van der Waals surface area contributed by atoms with Crippen molar-refractivity contribution in [2.75, 3.05) is 13.1 Å². The molecule has 1 fully saturated rings. The minimum absolute atomic E-state index is 0.0914. The summed E-state index contributed by atoms with van der Waals surface area (Å²) in [5.74, 6) is -0.650. The van der Waals surface area contributed by atoms with E-state index in [9.17, 15) is 9.90 Å². The molecule has 0 aromatic rings. The van der Waals surface area contributed by atoms with Gasteiger partial charge in [0.2, 0.25) is 0 Å². The molecule has 1 rings (SSSR count). The van der Waals surface area contributed by atoms with Gasteiger partial charge in [0.15, 0.2) is 0 Å². The molecule has 0 spiro atoms. The molecule has 1 aliphatic heterocycles. The fourth-order valence-corrected chi connectivity index (χ4v) is 2.55. The van der Waals surface area contributed by atoms with Crippen LogP contribution in [0.2, 0.25) is 6.32 Å². The van der Waals surface area contributed by atoms with E-state index in [1.807, 2.05) is 6.92 Å². The second kappa shape index (κ2) is 5.66. The minimum atomic E-state index is -1.28. The number of hydrogen-bond donors (Lipinski definition) is 4. The molecule has 0 aliphatic carbocycles. The molecule has 0 aromatic carbocycles. The monoisotopic (exact) mass is 229 g/mol. The molecule has 4 N–H and O–H groups in total. The van der Waals surface area contributed by atoms with Gasteiger partial charge in [-0.1, -0.05) is 13.3 Å². The van der Waals surface area contributed by atoms with E-state index in [0.29, 0.717) is 32.3 Å². The summed E-state index contributed by atoms with van der Waals surface area (Å²) in [4.78, 5) is 11.3. The van der Waals surface area contributed by atoms with E-state index in [-0.39, 0.29) is 5.92 Å². The highest BCUT2D eigenvalue weighted by Gasteiger charge is 2.47. The Hall–Kier alpha value is -0.585. The second-order valence-electron chi connectivity index (χ2n) is 4.55. The Bertz CT molecular complexity index is 249. The third-order valence-corrected chi connectivity index (χ3v) is 3.68. The Morgan fingerprint density at radius 1 is 1.56 bits per heavy atom. The summed E-state index contributed by atoms with van der Waals surface area (Å²) in [5.41, 5.74) is -0.666. The van der Waals surface area contributed by atoms with Gasteiger partial charge in [-0.05, 0) is 31.6 Å². The van der Waals surface area contributed by atoms with Gasteiger partial charge in [-0.2, -0.15) is 0 Å². The molecular weight excluding hydrogens is 209 g/mol. The summed E-state index contributed by atoms with van der Waals surface area (Å²) in [6, 6.07) is 0. The first-order valence-corrected chi connectivity index (χ1v) is 5.83. The summed E-state index contributed by atoms with van der Waals surface area (Å²) in [6.45, 7) is 3.13. The van der Waals surface area contributed by atoms with Crippen molar-refractivity contribution in [1.82, 2.24) is 5.32 Å². The number of hydrogen-bond acceptors (Lipinski definition) is 4. The number of aliphatic carboxylic acids is 1. The van der Waals surface area contributed by atoms with E-state index < -0.39 is 18.5 Å². The SMILES string of the molecule is CCC1(C(=O)O)CNCC1CCCB(O)O. The van der Waals surface area contributed by atoms with E-state index >= 15 is 0 Å². The van der Waals surface area contributed by atoms with E-state index in [1.165, 1.54) is 0 Å². The highest BCUT2D eigenvalue weighted by atomic mass is 16.4. The highest BCUT2D eigenvalue weighted by Crippen LogP contribution is 2.38. The van der Waals surface area contributed by atoms with Gasteiger partial charge in [0.25, 0.3) is 0 Å². The van der Waals surface area contributed by atoms with Crippen LogP contribution in [-0.2, 0) is 4.79 Å². The lowest BCUT2D eigenvalue weighted by Crippen LogP contribution is -2.38. The molecule has 5 nitrogen and oxygen atoms in total. The van der Waals surface area contributed by atoms with Crippen molar-refractivity contribution in [2.24, 2.45) is 11.3 Å². The topological polar surface area (TPSA) is 89.8 Å². The first kappa shape index (κ1) is 13.5. The first-order valence-electron chi connectivity index (χ1n) is 5.83. The third kappa shape index (κ3) is 2.75. The molecule has 2 atom stereocenters. The van der Waals surface area contributed by atoms with Crippen LogP contribution in [0.15, 0.2) is 0 Å². The Morgan fingerprint density at radius 3 is 2.75 bits per heavy atom. The van der Waals surface area contributed by atoms with Gasteiger partial charge in [-0.3, -0.25) is 4.79 Å². The second-order valence-corrected chi connectivity index (χ2v) is 4.55. The predicted octanol–water partition coefficient (Wildman–Crippen LogP) is -0.0602. The van der Waals surface area contributed by atoms with Gasteiger partial charge in [-0.15, -0.1) is 0 Å². The van der Waals surface area contributed by atoms with Gasteiger partial charge in [-0.25, -0.2) is 0 Å². The maximum atomic E-state index is 11.3. The van der Waals surface area contributed by atoms with Crippen molar-refractivity contribution in [1.29, 1.82) is 0 Å². The lowest BCUT2D eigenvalue weighted by molar-refractivity contribution is -0.150. The van der Waals surface area contributed by atoms with Crippen molar-refractivity contribution in [3.63, 3.8) is 0 Å². The van der Waals surface area contributed by atoms with Gasteiger partial charge < -0.3 is 20.5 Å². The third-order valence-electron chi connectivity index (χ3n) is 3.68. The quantitative estimate of drug-likeness (QED) is 0.479. The largest absolute Gasteiger partial charge is 0.481 e. The van der Waals surface area contributed by atoms with Crippen LogP contribution in [-0.4, -0.2) is 41.3 Å². The molecule has 0 amide bonds. The molecule has 0 radical (unpaired) electrons. The van der Waals surface area contributed by atoms with Gasteiger partial charge in [0.1, 0.15) is 0 Å². The van der Waals surface area contributed by atoms with Crippen LogP contribution < -0.4 is 5.32 Å². The van der Waals surface area contributed by atoms with Crippen molar-refractivity contribution in [3.05, 3.63) is 0 Å². The molecule has 0 saturated carbocycles. The number of carboxylic acid groups (broad SMARTS) is 1. The first-order chi connectivity index (χ1) is 7.53. The van der Waals surface area contributed by atoms with E-state index in [2.05, 4.69) is 5.32 Å². The van der Waals surface area contributed by atoms with Crippen LogP contribution in [0.1, 0.15) is 26.2 Å². The molecule has 1 saturated heterocycles. The minimum Gasteiger partial charge on any atom is -0.481 e. The molecule has 1 heterocycles. The zero-order valence-corrected chi connectivity index (χ0v) is 9.65. The number of carboxylic acids is 1. The van der Waals surface area contributed by atoms with Crippen molar-refractivity contribution >= 4 is 13.1 Å². The molecule has 1 aliphatic rings. The van der Waals surface area contributed by atoms with Crippen LogP contribution >= 0.6 is 0 Å². The fraction of sp³-hybridized carbons (Fsp3) is 0.900. The lowest BCUT2D eigenvalue weighted by Gasteiger charge is -2.29. The highest BCUT2D eigenvalue weighted by molar-refractivity contribution is 6.40. The van der Waals surface area contributed by atoms with Crippen LogP contribution in [0, 0.1) is 11.3 Å². The maximum Gasteiger partial charge on any atom is 0.451 e.